The second kappa shape index (κ2) is 6.73. The van der Waals surface area contributed by atoms with Gasteiger partial charge in [-0.25, -0.2) is 4.98 Å². The quantitative estimate of drug-likeness (QED) is 0.795. The second-order valence-corrected chi connectivity index (χ2v) is 5.21. The molecule has 0 bridgehead atoms. The average molecular weight is 328 g/mol. The van der Waals surface area contributed by atoms with Crippen molar-refractivity contribution in [2.75, 3.05) is 7.11 Å². The highest BCUT2D eigenvalue weighted by Crippen LogP contribution is 2.29. The predicted octanol–water partition coefficient (Wildman–Crippen LogP) is 3.36. The molecule has 1 heterocycles. The molecule has 0 spiro atoms. The summed E-state index contributed by atoms with van der Waals surface area (Å²) in [6.45, 7) is -0.0854. The standard InChI is InChI=1S/C17H14ClN3O2/c1-23-17-20-15(12-5-3-2-4-6-12)19-16(21-17)13-9-11(10-22)7-8-14(13)18/h2-9,22H,10H2,1H3. The summed E-state index contributed by atoms with van der Waals surface area (Å²) >= 11 is 6.26. The fourth-order valence-corrected chi connectivity index (χ4v) is 2.33. The lowest BCUT2D eigenvalue weighted by Gasteiger charge is -2.09. The summed E-state index contributed by atoms with van der Waals surface area (Å²) in [5.74, 6) is 0.897. The maximum Gasteiger partial charge on any atom is 0.320 e. The first-order chi connectivity index (χ1) is 11.2. The van der Waals surface area contributed by atoms with Crippen LogP contribution >= 0.6 is 11.6 Å². The summed E-state index contributed by atoms with van der Waals surface area (Å²) in [7, 11) is 1.50. The molecule has 0 saturated heterocycles. The van der Waals surface area contributed by atoms with Crippen molar-refractivity contribution in [2.45, 2.75) is 6.61 Å². The Morgan fingerprint density at radius 2 is 1.74 bits per heavy atom. The van der Waals surface area contributed by atoms with E-state index in [2.05, 4.69) is 15.0 Å². The third-order valence-corrected chi connectivity index (χ3v) is 3.61. The van der Waals surface area contributed by atoms with Gasteiger partial charge >= 0.3 is 6.01 Å². The molecule has 1 N–H and O–H groups in total. The fraction of sp³-hybridized carbons (Fsp3) is 0.118. The summed E-state index contributed by atoms with van der Waals surface area (Å²) in [6.07, 6.45) is 0. The Kier molecular flexibility index (Phi) is 4.50. The zero-order valence-corrected chi connectivity index (χ0v) is 13.2. The molecule has 0 unspecified atom stereocenters. The Morgan fingerprint density at radius 3 is 2.43 bits per heavy atom. The van der Waals surface area contributed by atoms with Crippen LogP contribution in [0.4, 0.5) is 0 Å². The molecule has 3 aromatic rings. The van der Waals surface area contributed by atoms with Crippen LogP contribution in [0.1, 0.15) is 5.56 Å². The number of aliphatic hydroxyl groups excluding tert-OH is 1. The summed E-state index contributed by atoms with van der Waals surface area (Å²) in [4.78, 5) is 13.0. The first-order valence-electron chi connectivity index (χ1n) is 6.96. The van der Waals surface area contributed by atoms with Crippen molar-refractivity contribution in [1.29, 1.82) is 0 Å². The highest BCUT2D eigenvalue weighted by Gasteiger charge is 2.13. The molecule has 0 saturated carbocycles. The van der Waals surface area contributed by atoms with E-state index in [-0.39, 0.29) is 12.6 Å². The van der Waals surface area contributed by atoms with Crippen molar-refractivity contribution < 1.29 is 9.84 Å². The Bertz CT molecular complexity index is 825. The maximum absolute atomic E-state index is 9.31. The van der Waals surface area contributed by atoms with Crippen molar-refractivity contribution in [3.05, 3.63) is 59.1 Å². The summed E-state index contributed by atoms with van der Waals surface area (Å²) in [5.41, 5.74) is 2.20. The van der Waals surface area contributed by atoms with Crippen LogP contribution in [-0.4, -0.2) is 27.2 Å². The van der Waals surface area contributed by atoms with Crippen LogP contribution < -0.4 is 4.74 Å². The molecule has 0 radical (unpaired) electrons. The van der Waals surface area contributed by atoms with Gasteiger partial charge in [0.15, 0.2) is 11.6 Å². The molecule has 2 aromatic carbocycles. The van der Waals surface area contributed by atoms with Crippen molar-refractivity contribution >= 4 is 11.6 Å². The lowest BCUT2D eigenvalue weighted by atomic mass is 10.1. The van der Waals surface area contributed by atoms with Crippen LogP contribution in [0.5, 0.6) is 6.01 Å². The van der Waals surface area contributed by atoms with Crippen LogP contribution in [0.15, 0.2) is 48.5 Å². The van der Waals surface area contributed by atoms with E-state index in [4.69, 9.17) is 16.3 Å². The van der Waals surface area contributed by atoms with E-state index in [1.807, 2.05) is 30.3 Å². The predicted molar refractivity (Wildman–Crippen MR) is 88.2 cm³/mol. The lowest BCUT2D eigenvalue weighted by molar-refractivity contribution is 0.282. The zero-order chi connectivity index (χ0) is 16.2. The van der Waals surface area contributed by atoms with Gasteiger partial charge in [-0.05, 0) is 17.7 Å². The monoisotopic (exact) mass is 327 g/mol. The van der Waals surface area contributed by atoms with Gasteiger partial charge in [-0.2, -0.15) is 9.97 Å². The Balaban J connectivity index is 2.16. The second-order valence-electron chi connectivity index (χ2n) is 4.81. The van der Waals surface area contributed by atoms with Crippen molar-refractivity contribution in [3.8, 4) is 28.8 Å². The van der Waals surface area contributed by atoms with Gasteiger partial charge in [0.2, 0.25) is 0 Å². The molecule has 6 heteroatoms. The number of nitrogens with zero attached hydrogens (tertiary/aromatic N) is 3. The third-order valence-electron chi connectivity index (χ3n) is 3.28. The number of hydrogen-bond donors (Lipinski definition) is 1. The SMILES string of the molecule is COc1nc(-c2ccccc2)nc(-c2cc(CO)ccc2Cl)n1. The average Bonchev–Trinajstić information content (AvgIpc) is 2.62. The fourth-order valence-electron chi connectivity index (χ4n) is 2.13. The highest BCUT2D eigenvalue weighted by molar-refractivity contribution is 6.33. The zero-order valence-electron chi connectivity index (χ0n) is 12.4. The number of benzene rings is 2. The number of methoxy groups -OCH3 is 1. The smallest absolute Gasteiger partial charge is 0.320 e. The lowest BCUT2D eigenvalue weighted by Crippen LogP contribution is -2.01. The van der Waals surface area contributed by atoms with Crippen molar-refractivity contribution in [2.24, 2.45) is 0 Å². The van der Waals surface area contributed by atoms with Crippen LogP contribution in [0.2, 0.25) is 5.02 Å². The molecular formula is C17H14ClN3O2. The maximum atomic E-state index is 9.31. The molecule has 0 amide bonds. The number of hydrogen-bond acceptors (Lipinski definition) is 5. The molecule has 116 valence electrons. The largest absolute Gasteiger partial charge is 0.467 e. The van der Waals surface area contributed by atoms with Crippen LogP contribution in [0.25, 0.3) is 22.8 Å². The Hall–Kier alpha value is -2.50. The van der Waals surface area contributed by atoms with Gasteiger partial charge < -0.3 is 9.84 Å². The highest BCUT2D eigenvalue weighted by atomic mass is 35.5. The van der Waals surface area contributed by atoms with E-state index in [0.29, 0.717) is 22.2 Å². The first-order valence-corrected chi connectivity index (χ1v) is 7.34. The minimum atomic E-state index is -0.0854. The normalized spacial score (nSPS) is 10.6. The number of aromatic nitrogens is 3. The van der Waals surface area contributed by atoms with Crippen molar-refractivity contribution in [1.82, 2.24) is 15.0 Å². The molecule has 3 rings (SSSR count). The van der Waals surface area contributed by atoms with E-state index in [1.165, 1.54) is 7.11 Å². The summed E-state index contributed by atoms with van der Waals surface area (Å²) < 4.78 is 5.18. The van der Waals surface area contributed by atoms with Gasteiger partial charge in [-0.15, -0.1) is 0 Å². The van der Waals surface area contributed by atoms with E-state index in [1.54, 1.807) is 18.2 Å². The van der Waals surface area contributed by atoms with Crippen LogP contribution in [0, 0.1) is 0 Å². The molecule has 0 fully saturated rings. The van der Waals surface area contributed by atoms with E-state index < -0.39 is 0 Å². The van der Waals surface area contributed by atoms with Crippen molar-refractivity contribution in [3.63, 3.8) is 0 Å². The number of rotatable bonds is 4. The van der Waals surface area contributed by atoms with Gasteiger partial charge in [0, 0.05) is 11.1 Å². The number of ether oxygens (including phenoxy) is 1. The van der Waals surface area contributed by atoms with Crippen LogP contribution in [0.3, 0.4) is 0 Å². The molecule has 0 aliphatic carbocycles. The summed E-state index contributed by atoms with van der Waals surface area (Å²) in [5, 5.41) is 9.81. The number of halogens is 1. The molecule has 1 aromatic heterocycles. The van der Waals surface area contributed by atoms with Gasteiger partial charge in [-0.1, -0.05) is 48.0 Å². The molecule has 0 atom stereocenters. The first kappa shape index (κ1) is 15.4. The van der Waals surface area contributed by atoms with E-state index >= 15 is 0 Å². The van der Waals surface area contributed by atoms with Gasteiger partial charge in [0.25, 0.3) is 0 Å². The van der Waals surface area contributed by atoms with E-state index in [9.17, 15) is 5.11 Å². The van der Waals surface area contributed by atoms with Gasteiger partial charge in [-0.3, -0.25) is 0 Å². The third kappa shape index (κ3) is 3.31. The van der Waals surface area contributed by atoms with Gasteiger partial charge in [0.05, 0.1) is 18.7 Å². The number of aliphatic hydroxyl groups is 1. The molecule has 5 nitrogen and oxygen atoms in total. The topological polar surface area (TPSA) is 68.1 Å². The summed E-state index contributed by atoms with van der Waals surface area (Å²) in [6, 6.07) is 15.0. The van der Waals surface area contributed by atoms with Crippen LogP contribution in [-0.2, 0) is 6.61 Å². The van der Waals surface area contributed by atoms with Gasteiger partial charge in [0.1, 0.15) is 0 Å². The molecule has 0 aliphatic rings. The molecular weight excluding hydrogens is 314 g/mol. The minimum absolute atomic E-state index is 0.0854. The Labute approximate surface area is 138 Å². The minimum Gasteiger partial charge on any atom is -0.467 e. The van der Waals surface area contributed by atoms with E-state index in [0.717, 1.165) is 11.1 Å². The Morgan fingerprint density at radius 1 is 1.00 bits per heavy atom. The molecule has 0 aliphatic heterocycles. The molecule has 23 heavy (non-hydrogen) atoms.